The Morgan fingerprint density at radius 1 is 1.14 bits per heavy atom. The Balaban J connectivity index is 1.31. The quantitative estimate of drug-likeness (QED) is 0.725. The molecule has 1 aliphatic carbocycles. The summed E-state index contributed by atoms with van der Waals surface area (Å²) in [4.78, 5) is 13.1. The molecular formula is C20H26N8O. The number of fused-ring (bicyclic) bond motifs is 2. The van der Waals surface area contributed by atoms with Gasteiger partial charge in [-0.2, -0.15) is 10.2 Å². The number of amides is 1. The highest BCUT2D eigenvalue weighted by atomic mass is 16.2. The summed E-state index contributed by atoms with van der Waals surface area (Å²) in [6, 6.07) is 0.111. The molecule has 9 heteroatoms. The molecule has 0 aromatic carbocycles. The molecule has 3 aromatic heterocycles. The van der Waals surface area contributed by atoms with Crippen molar-refractivity contribution in [3.63, 3.8) is 0 Å². The third kappa shape index (κ3) is 3.24. The first kappa shape index (κ1) is 18.1. The third-order valence-corrected chi connectivity index (χ3v) is 6.08. The van der Waals surface area contributed by atoms with Crippen molar-refractivity contribution in [2.45, 2.75) is 57.5 Å². The molecule has 0 radical (unpaired) electrons. The molecule has 4 heterocycles. The molecule has 1 amide bonds. The number of hydrogen-bond donors (Lipinski definition) is 1. The van der Waals surface area contributed by atoms with E-state index in [9.17, 15) is 4.79 Å². The van der Waals surface area contributed by atoms with Crippen LogP contribution < -0.4 is 5.32 Å². The highest BCUT2D eigenvalue weighted by Gasteiger charge is 2.27. The number of hydrogen-bond acceptors (Lipinski definition) is 5. The van der Waals surface area contributed by atoms with Crippen LogP contribution in [0.5, 0.6) is 0 Å². The molecule has 0 saturated heterocycles. The van der Waals surface area contributed by atoms with Gasteiger partial charge in [-0.1, -0.05) is 0 Å². The maximum absolute atomic E-state index is 13.1. The SMILES string of the molecule is Cn1cc(-c2nnc3n2CCC(NC(=O)c2c4c(nn2C)CCCC4)CC3)cn1. The molecule has 0 saturated carbocycles. The molecule has 9 nitrogen and oxygen atoms in total. The number of carbonyl (C=O) groups excluding carboxylic acids is 1. The lowest BCUT2D eigenvalue weighted by atomic mass is 9.95. The predicted molar refractivity (Wildman–Crippen MR) is 106 cm³/mol. The van der Waals surface area contributed by atoms with E-state index in [4.69, 9.17) is 0 Å². The van der Waals surface area contributed by atoms with Gasteiger partial charge >= 0.3 is 0 Å². The van der Waals surface area contributed by atoms with Crippen LogP contribution in [0.3, 0.4) is 0 Å². The summed E-state index contributed by atoms with van der Waals surface area (Å²) in [5, 5.41) is 20.8. The first-order valence-corrected chi connectivity index (χ1v) is 10.4. The highest BCUT2D eigenvalue weighted by molar-refractivity contribution is 5.94. The Morgan fingerprint density at radius 2 is 2.00 bits per heavy atom. The second kappa shape index (κ2) is 7.13. The summed E-state index contributed by atoms with van der Waals surface area (Å²) in [5.41, 5.74) is 3.94. The second-order valence-electron chi connectivity index (χ2n) is 8.10. The molecular weight excluding hydrogens is 368 g/mol. The number of aromatic nitrogens is 7. The Bertz CT molecular complexity index is 1060. The lowest BCUT2D eigenvalue weighted by Gasteiger charge is -2.17. The van der Waals surface area contributed by atoms with Gasteiger partial charge in [0.1, 0.15) is 11.5 Å². The van der Waals surface area contributed by atoms with E-state index in [0.29, 0.717) is 0 Å². The number of aryl methyl sites for hydroxylation is 4. The van der Waals surface area contributed by atoms with Gasteiger partial charge in [-0.05, 0) is 38.5 Å². The van der Waals surface area contributed by atoms with Gasteiger partial charge in [0.05, 0.1) is 17.5 Å². The first-order chi connectivity index (χ1) is 14.1. The fourth-order valence-corrected chi connectivity index (χ4v) is 4.60. The van der Waals surface area contributed by atoms with E-state index in [0.717, 1.165) is 85.7 Å². The van der Waals surface area contributed by atoms with E-state index in [1.54, 1.807) is 9.36 Å². The summed E-state index contributed by atoms with van der Waals surface area (Å²) >= 11 is 0. The molecule has 152 valence electrons. The average molecular weight is 394 g/mol. The van der Waals surface area contributed by atoms with Gasteiger partial charge in [-0.15, -0.1) is 10.2 Å². The monoisotopic (exact) mass is 394 g/mol. The number of nitrogens with zero attached hydrogens (tertiary/aromatic N) is 7. The van der Waals surface area contributed by atoms with E-state index in [-0.39, 0.29) is 11.9 Å². The van der Waals surface area contributed by atoms with Crippen molar-refractivity contribution in [1.82, 2.24) is 39.6 Å². The van der Waals surface area contributed by atoms with Crippen molar-refractivity contribution >= 4 is 5.91 Å². The van der Waals surface area contributed by atoms with E-state index in [1.165, 1.54) is 0 Å². The minimum absolute atomic E-state index is 0.00158. The molecule has 3 aromatic rings. The largest absolute Gasteiger partial charge is 0.348 e. The predicted octanol–water partition coefficient (Wildman–Crippen LogP) is 1.43. The van der Waals surface area contributed by atoms with Crippen molar-refractivity contribution in [1.29, 1.82) is 0 Å². The Kier molecular flexibility index (Phi) is 4.44. The van der Waals surface area contributed by atoms with Crippen LogP contribution >= 0.6 is 0 Å². The van der Waals surface area contributed by atoms with Gasteiger partial charge < -0.3 is 9.88 Å². The zero-order valence-electron chi connectivity index (χ0n) is 16.9. The minimum Gasteiger partial charge on any atom is -0.348 e. The Labute approximate surface area is 169 Å². The van der Waals surface area contributed by atoms with Crippen LogP contribution in [0.1, 0.15) is 53.3 Å². The Hall–Kier alpha value is -2.97. The first-order valence-electron chi connectivity index (χ1n) is 10.4. The minimum atomic E-state index is -0.00158. The molecule has 1 aliphatic heterocycles. The van der Waals surface area contributed by atoms with Crippen molar-refractivity contribution in [2.24, 2.45) is 14.1 Å². The molecule has 29 heavy (non-hydrogen) atoms. The van der Waals surface area contributed by atoms with Crippen LogP contribution in [-0.2, 0) is 39.9 Å². The molecule has 1 atom stereocenters. The van der Waals surface area contributed by atoms with Crippen molar-refractivity contribution in [3.05, 3.63) is 35.2 Å². The normalized spacial score (nSPS) is 18.8. The van der Waals surface area contributed by atoms with Gasteiger partial charge in [0.25, 0.3) is 5.91 Å². The van der Waals surface area contributed by atoms with Crippen molar-refractivity contribution in [2.75, 3.05) is 0 Å². The van der Waals surface area contributed by atoms with Crippen LogP contribution in [0.25, 0.3) is 11.4 Å². The van der Waals surface area contributed by atoms with E-state index in [1.807, 2.05) is 26.5 Å². The summed E-state index contributed by atoms with van der Waals surface area (Å²) in [5.74, 6) is 1.82. The van der Waals surface area contributed by atoms with Crippen molar-refractivity contribution in [3.8, 4) is 11.4 Å². The maximum atomic E-state index is 13.1. The van der Waals surface area contributed by atoms with Crippen LogP contribution in [0.4, 0.5) is 0 Å². The van der Waals surface area contributed by atoms with Crippen LogP contribution in [0.2, 0.25) is 0 Å². The second-order valence-corrected chi connectivity index (χ2v) is 8.10. The molecule has 0 fully saturated rings. The highest BCUT2D eigenvalue weighted by Crippen LogP contribution is 2.25. The van der Waals surface area contributed by atoms with E-state index >= 15 is 0 Å². The van der Waals surface area contributed by atoms with Gasteiger partial charge in [0.2, 0.25) is 0 Å². The van der Waals surface area contributed by atoms with Gasteiger partial charge in [-0.3, -0.25) is 14.2 Å². The third-order valence-electron chi connectivity index (χ3n) is 6.08. The topological polar surface area (TPSA) is 95.5 Å². The molecule has 1 unspecified atom stereocenters. The smallest absolute Gasteiger partial charge is 0.270 e. The molecule has 0 spiro atoms. The van der Waals surface area contributed by atoms with Crippen LogP contribution in [-0.4, -0.2) is 46.3 Å². The summed E-state index contributed by atoms with van der Waals surface area (Å²) in [7, 11) is 3.77. The van der Waals surface area contributed by atoms with E-state index in [2.05, 4.69) is 30.3 Å². The summed E-state index contributed by atoms with van der Waals surface area (Å²) in [6.45, 7) is 0.779. The van der Waals surface area contributed by atoms with Gasteiger partial charge in [0.15, 0.2) is 5.82 Å². The number of carbonyl (C=O) groups is 1. The lowest BCUT2D eigenvalue weighted by Crippen LogP contribution is -2.36. The number of nitrogens with one attached hydrogen (secondary N) is 1. The molecule has 0 bridgehead atoms. The average Bonchev–Trinajstić information content (AvgIpc) is 3.36. The van der Waals surface area contributed by atoms with E-state index < -0.39 is 0 Å². The fraction of sp³-hybridized carbons (Fsp3) is 0.550. The molecule has 5 rings (SSSR count). The zero-order valence-corrected chi connectivity index (χ0v) is 16.9. The van der Waals surface area contributed by atoms with Crippen LogP contribution in [0, 0.1) is 0 Å². The van der Waals surface area contributed by atoms with Crippen molar-refractivity contribution < 1.29 is 4.79 Å². The van der Waals surface area contributed by atoms with Gasteiger partial charge in [0, 0.05) is 44.9 Å². The zero-order chi connectivity index (χ0) is 20.0. The molecule has 1 N–H and O–H groups in total. The van der Waals surface area contributed by atoms with Crippen LogP contribution in [0.15, 0.2) is 12.4 Å². The molecule has 2 aliphatic rings. The number of rotatable bonds is 3. The summed E-state index contributed by atoms with van der Waals surface area (Å²) in [6.07, 6.45) is 10.5. The lowest BCUT2D eigenvalue weighted by molar-refractivity contribution is 0.0922. The standard InChI is InChI=1S/C20H26N8O/c1-26-12-13(11-21-26)19-24-23-17-8-7-14(9-10-28(17)19)22-20(29)18-15-5-3-4-6-16(15)25-27(18)2/h11-12,14H,3-10H2,1-2H3,(H,22,29). The maximum Gasteiger partial charge on any atom is 0.270 e. The summed E-state index contributed by atoms with van der Waals surface area (Å²) < 4.78 is 5.69. The Morgan fingerprint density at radius 3 is 2.83 bits per heavy atom. The fourth-order valence-electron chi connectivity index (χ4n) is 4.60. The van der Waals surface area contributed by atoms with Gasteiger partial charge in [-0.25, -0.2) is 0 Å².